The lowest BCUT2D eigenvalue weighted by Gasteiger charge is -2.10. The van der Waals surface area contributed by atoms with E-state index in [1.165, 1.54) is 0 Å². The molecule has 0 atom stereocenters. The Balaban J connectivity index is 1.82. The molecule has 2 rings (SSSR count). The average Bonchev–Trinajstić information content (AvgIpc) is 2.73. The number of rotatable bonds is 10. The second kappa shape index (κ2) is 11.5. The molecule has 0 saturated heterocycles. The van der Waals surface area contributed by atoms with Gasteiger partial charge in [-0.1, -0.05) is 26.3 Å². The Morgan fingerprint density at radius 2 is 1.48 bits per heavy atom. The molecule has 0 aliphatic heterocycles. The molecule has 0 aliphatic carbocycles. The first-order chi connectivity index (χ1) is 14.0. The molecule has 0 aromatic heterocycles. The van der Waals surface area contributed by atoms with Crippen LogP contribution >= 0.6 is 0 Å². The van der Waals surface area contributed by atoms with E-state index < -0.39 is 0 Å². The normalized spacial score (nSPS) is 10.1. The summed E-state index contributed by atoms with van der Waals surface area (Å²) in [6.07, 6.45) is 2.37. The maximum Gasteiger partial charge on any atom is 0.251 e. The summed E-state index contributed by atoms with van der Waals surface area (Å²) in [6.45, 7) is 4.59. The number of carbonyl (C=O) groups is 3. The second-order valence-corrected chi connectivity index (χ2v) is 6.57. The van der Waals surface area contributed by atoms with Gasteiger partial charge < -0.3 is 21.3 Å². The molecule has 0 spiro atoms. The molecule has 0 aliphatic rings. The van der Waals surface area contributed by atoms with Gasteiger partial charge in [0.2, 0.25) is 11.8 Å². The van der Waals surface area contributed by atoms with Crippen LogP contribution in [0.2, 0.25) is 0 Å². The van der Waals surface area contributed by atoms with Crippen LogP contribution in [-0.2, 0) is 9.59 Å². The summed E-state index contributed by atoms with van der Waals surface area (Å²) in [4.78, 5) is 35.6. The van der Waals surface area contributed by atoms with Crippen LogP contribution in [0.3, 0.4) is 0 Å². The molecule has 154 valence electrons. The standard InChI is InChI=1S/C22H28N4O3/c1-3-5-13-23-22(29)16-9-11-17(12-10-16)24-15-21(28)26-19-8-6-7-18(14-19)25-20(27)4-2/h6-12,14,24H,3-5,13,15H2,1-2H3,(H,23,29)(H,25,27)(H,26,28). The third-order valence-corrected chi connectivity index (χ3v) is 4.17. The average molecular weight is 396 g/mol. The van der Waals surface area contributed by atoms with Crippen LogP contribution in [-0.4, -0.2) is 30.8 Å². The van der Waals surface area contributed by atoms with Gasteiger partial charge in [-0.3, -0.25) is 14.4 Å². The first kappa shape index (κ1) is 21.9. The number of anilines is 3. The molecule has 0 saturated carbocycles. The fourth-order valence-electron chi connectivity index (χ4n) is 2.53. The molecule has 7 heteroatoms. The molecule has 0 fully saturated rings. The molecule has 3 amide bonds. The van der Waals surface area contributed by atoms with Crippen molar-refractivity contribution in [3.63, 3.8) is 0 Å². The van der Waals surface area contributed by atoms with Crippen LogP contribution in [0.5, 0.6) is 0 Å². The van der Waals surface area contributed by atoms with Crippen molar-refractivity contribution in [1.82, 2.24) is 5.32 Å². The molecule has 2 aromatic rings. The zero-order valence-corrected chi connectivity index (χ0v) is 16.9. The van der Waals surface area contributed by atoms with E-state index in [0.29, 0.717) is 29.9 Å². The minimum atomic E-state index is -0.217. The quantitative estimate of drug-likeness (QED) is 0.461. The first-order valence-corrected chi connectivity index (χ1v) is 9.83. The predicted octanol–water partition coefficient (Wildman–Crippen LogP) is 3.62. The summed E-state index contributed by atoms with van der Waals surface area (Å²) < 4.78 is 0. The maximum absolute atomic E-state index is 12.2. The highest BCUT2D eigenvalue weighted by molar-refractivity contribution is 5.96. The third-order valence-electron chi connectivity index (χ3n) is 4.17. The molecular weight excluding hydrogens is 368 g/mol. The zero-order valence-electron chi connectivity index (χ0n) is 16.9. The predicted molar refractivity (Wildman–Crippen MR) is 116 cm³/mol. The summed E-state index contributed by atoms with van der Waals surface area (Å²) in [6, 6.07) is 14.0. The fraction of sp³-hybridized carbons (Fsp3) is 0.318. The van der Waals surface area contributed by atoms with Gasteiger partial charge in [0.05, 0.1) is 6.54 Å². The Morgan fingerprint density at radius 3 is 2.10 bits per heavy atom. The van der Waals surface area contributed by atoms with E-state index in [0.717, 1.165) is 18.5 Å². The third kappa shape index (κ3) is 7.65. The van der Waals surface area contributed by atoms with E-state index in [4.69, 9.17) is 0 Å². The van der Waals surface area contributed by atoms with Crippen molar-refractivity contribution >= 4 is 34.8 Å². The van der Waals surface area contributed by atoms with E-state index in [1.54, 1.807) is 55.5 Å². The monoisotopic (exact) mass is 396 g/mol. The van der Waals surface area contributed by atoms with Crippen LogP contribution < -0.4 is 21.3 Å². The zero-order chi connectivity index (χ0) is 21.1. The van der Waals surface area contributed by atoms with E-state index in [1.807, 2.05) is 0 Å². The summed E-state index contributed by atoms with van der Waals surface area (Å²) in [5, 5.41) is 11.4. The number of hydrogen-bond donors (Lipinski definition) is 4. The van der Waals surface area contributed by atoms with Crippen molar-refractivity contribution in [1.29, 1.82) is 0 Å². The van der Waals surface area contributed by atoms with E-state index in [2.05, 4.69) is 28.2 Å². The van der Waals surface area contributed by atoms with Gasteiger partial charge in [-0.25, -0.2) is 0 Å². The lowest BCUT2D eigenvalue weighted by molar-refractivity contribution is -0.116. The highest BCUT2D eigenvalue weighted by atomic mass is 16.2. The number of hydrogen-bond acceptors (Lipinski definition) is 4. The first-order valence-electron chi connectivity index (χ1n) is 9.83. The number of nitrogens with one attached hydrogen (secondary N) is 4. The van der Waals surface area contributed by atoms with Crippen molar-refractivity contribution in [3.05, 3.63) is 54.1 Å². The molecular formula is C22H28N4O3. The van der Waals surface area contributed by atoms with Gasteiger partial charge in [-0.05, 0) is 48.9 Å². The number of amides is 3. The molecule has 0 unspecified atom stereocenters. The largest absolute Gasteiger partial charge is 0.376 e. The highest BCUT2D eigenvalue weighted by Gasteiger charge is 2.07. The summed E-state index contributed by atoms with van der Waals surface area (Å²) in [5.41, 5.74) is 2.57. The lowest BCUT2D eigenvalue weighted by atomic mass is 10.2. The van der Waals surface area contributed by atoms with Gasteiger partial charge in [0.15, 0.2) is 0 Å². The van der Waals surface area contributed by atoms with Gasteiger partial charge >= 0.3 is 0 Å². The molecule has 0 bridgehead atoms. The van der Waals surface area contributed by atoms with Crippen LogP contribution in [0.1, 0.15) is 43.5 Å². The van der Waals surface area contributed by atoms with E-state index in [-0.39, 0.29) is 24.3 Å². The summed E-state index contributed by atoms with van der Waals surface area (Å²) in [7, 11) is 0. The van der Waals surface area contributed by atoms with Crippen molar-refractivity contribution in [2.75, 3.05) is 29.0 Å². The Morgan fingerprint density at radius 1 is 0.828 bits per heavy atom. The number of unbranched alkanes of at least 4 members (excludes halogenated alkanes) is 1. The van der Waals surface area contributed by atoms with Gasteiger partial charge in [0, 0.05) is 35.6 Å². The Hall–Kier alpha value is -3.35. The van der Waals surface area contributed by atoms with Crippen molar-refractivity contribution < 1.29 is 14.4 Å². The van der Waals surface area contributed by atoms with Gasteiger partial charge in [0.25, 0.3) is 5.91 Å². The molecule has 0 radical (unpaired) electrons. The Bertz CT molecular complexity index is 834. The van der Waals surface area contributed by atoms with Gasteiger partial charge in [-0.2, -0.15) is 0 Å². The Kier molecular flexibility index (Phi) is 8.69. The van der Waals surface area contributed by atoms with Crippen LogP contribution in [0.25, 0.3) is 0 Å². The van der Waals surface area contributed by atoms with E-state index in [9.17, 15) is 14.4 Å². The van der Waals surface area contributed by atoms with Crippen molar-refractivity contribution in [3.8, 4) is 0 Å². The van der Waals surface area contributed by atoms with Gasteiger partial charge in [0.1, 0.15) is 0 Å². The minimum absolute atomic E-state index is 0.0770. The van der Waals surface area contributed by atoms with Crippen LogP contribution in [0, 0.1) is 0 Å². The topological polar surface area (TPSA) is 99.3 Å². The fourth-order valence-corrected chi connectivity index (χ4v) is 2.53. The molecule has 2 aromatic carbocycles. The van der Waals surface area contributed by atoms with Crippen molar-refractivity contribution in [2.24, 2.45) is 0 Å². The van der Waals surface area contributed by atoms with Crippen LogP contribution in [0.4, 0.5) is 17.1 Å². The van der Waals surface area contributed by atoms with Crippen LogP contribution in [0.15, 0.2) is 48.5 Å². The molecule has 7 nitrogen and oxygen atoms in total. The van der Waals surface area contributed by atoms with Gasteiger partial charge in [-0.15, -0.1) is 0 Å². The molecule has 29 heavy (non-hydrogen) atoms. The minimum Gasteiger partial charge on any atom is -0.376 e. The Labute approximate surface area is 171 Å². The smallest absolute Gasteiger partial charge is 0.251 e. The lowest BCUT2D eigenvalue weighted by Crippen LogP contribution is -2.24. The SMILES string of the molecule is CCCCNC(=O)c1ccc(NCC(=O)Nc2cccc(NC(=O)CC)c2)cc1. The number of benzene rings is 2. The summed E-state index contributed by atoms with van der Waals surface area (Å²) in [5.74, 6) is -0.402. The highest BCUT2D eigenvalue weighted by Crippen LogP contribution is 2.15. The molecule has 4 N–H and O–H groups in total. The molecule has 0 heterocycles. The second-order valence-electron chi connectivity index (χ2n) is 6.57. The number of carbonyl (C=O) groups excluding carboxylic acids is 3. The van der Waals surface area contributed by atoms with E-state index >= 15 is 0 Å². The maximum atomic E-state index is 12.2. The van der Waals surface area contributed by atoms with Crippen molar-refractivity contribution in [2.45, 2.75) is 33.1 Å². The summed E-state index contributed by atoms with van der Waals surface area (Å²) >= 11 is 0.